The minimum atomic E-state index is 0.220. The van der Waals surface area contributed by atoms with Gasteiger partial charge in [-0.1, -0.05) is 30.3 Å². The third-order valence-corrected chi connectivity index (χ3v) is 3.63. The fourth-order valence-electron chi connectivity index (χ4n) is 2.09. The molecule has 2 rings (SSSR count). The van der Waals surface area contributed by atoms with E-state index in [0.717, 1.165) is 24.5 Å². The quantitative estimate of drug-likeness (QED) is 0.724. The van der Waals surface area contributed by atoms with Gasteiger partial charge < -0.3 is 10.1 Å². The van der Waals surface area contributed by atoms with Gasteiger partial charge in [-0.2, -0.15) is 0 Å². The molecule has 0 saturated carbocycles. The fourth-order valence-corrected chi connectivity index (χ4v) is 2.41. The average molecular weight is 324 g/mol. The van der Waals surface area contributed by atoms with Crippen molar-refractivity contribution in [3.8, 4) is 11.5 Å². The molecule has 0 radical (unpaired) electrons. The molecule has 2 aromatic carbocycles. The zero-order valence-corrected chi connectivity index (χ0v) is 13.3. The maximum Gasteiger partial charge on any atom is 0.127 e. The lowest BCUT2D eigenvalue weighted by molar-refractivity contribution is 0.481. The number of hydrogen-bond acceptors (Lipinski definition) is 2. The molecule has 0 bridgehead atoms. The summed E-state index contributed by atoms with van der Waals surface area (Å²) in [6, 6.07) is 18.1. The van der Waals surface area contributed by atoms with Gasteiger partial charge in [-0.3, -0.25) is 0 Å². The molecule has 0 fully saturated rings. The van der Waals surface area contributed by atoms with Crippen LogP contribution in [0.25, 0.3) is 0 Å². The summed E-state index contributed by atoms with van der Waals surface area (Å²) in [4.78, 5) is 0. The van der Waals surface area contributed by atoms with Crippen LogP contribution in [0.2, 0.25) is 0 Å². The van der Waals surface area contributed by atoms with Crippen molar-refractivity contribution in [2.24, 2.45) is 0 Å². The van der Waals surface area contributed by atoms with Gasteiger partial charge in [0.05, 0.1) is 0 Å². The van der Waals surface area contributed by atoms with Gasteiger partial charge in [0, 0.05) is 24.3 Å². The van der Waals surface area contributed by atoms with E-state index in [1.54, 1.807) is 0 Å². The van der Waals surface area contributed by atoms with Gasteiger partial charge in [0.25, 0.3) is 0 Å². The van der Waals surface area contributed by atoms with Gasteiger partial charge in [0.1, 0.15) is 11.5 Å². The Bertz CT molecular complexity index is 533. The smallest absolute Gasteiger partial charge is 0.127 e. The Balaban J connectivity index is 2.00. The summed E-state index contributed by atoms with van der Waals surface area (Å²) in [5.41, 5.74) is 1.19. The van der Waals surface area contributed by atoms with E-state index in [4.69, 9.17) is 27.9 Å². The van der Waals surface area contributed by atoms with Crippen LogP contribution in [0.4, 0.5) is 0 Å². The third-order valence-electron chi connectivity index (χ3n) is 3.07. The molecule has 1 unspecified atom stereocenters. The van der Waals surface area contributed by atoms with Gasteiger partial charge in [-0.25, -0.2) is 0 Å². The largest absolute Gasteiger partial charge is 0.457 e. The maximum atomic E-state index is 5.99. The molecule has 2 aromatic rings. The van der Waals surface area contributed by atoms with E-state index >= 15 is 0 Å². The Labute approximate surface area is 136 Å². The molecule has 0 aliphatic heterocycles. The highest BCUT2D eigenvalue weighted by molar-refractivity contribution is 6.18. The minimum Gasteiger partial charge on any atom is -0.457 e. The summed E-state index contributed by atoms with van der Waals surface area (Å²) in [6.45, 7) is 0.763. The molecule has 0 aromatic heterocycles. The van der Waals surface area contributed by atoms with Crippen LogP contribution in [-0.4, -0.2) is 24.3 Å². The van der Waals surface area contributed by atoms with Crippen molar-refractivity contribution in [2.75, 3.05) is 18.3 Å². The number of nitrogens with one attached hydrogen (secondary N) is 1. The van der Waals surface area contributed by atoms with E-state index in [-0.39, 0.29) is 6.04 Å². The van der Waals surface area contributed by atoms with Gasteiger partial charge in [0.15, 0.2) is 0 Å². The summed E-state index contributed by atoms with van der Waals surface area (Å²) in [6.07, 6.45) is 0.854. The van der Waals surface area contributed by atoms with Crippen LogP contribution in [0.3, 0.4) is 0 Å². The first-order chi connectivity index (χ1) is 10.3. The Kier molecular flexibility index (Phi) is 6.87. The molecule has 0 heterocycles. The summed E-state index contributed by atoms with van der Waals surface area (Å²) >= 11 is 11.7. The predicted molar refractivity (Wildman–Crippen MR) is 89.9 cm³/mol. The number of rotatable bonds is 8. The first-order valence-corrected chi connectivity index (χ1v) is 8.06. The van der Waals surface area contributed by atoms with Crippen LogP contribution in [-0.2, 0) is 6.42 Å². The van der Waals surface area contributed by atoms with Crippen LogP contribution in [0.5, 0.6) is 11.5 Å². The normalized spacial score (nSPS) is 12.1. The second kappa shape index (κ2) is 8.93. The minimum absolute atomic E-state index is 0.220. The average Bonchev–Trinajstić information content (AvgIpc) is 2.53. The molecule has 21 heavy (non-hydrogen) atoms. The maximum absolute atomic E-state index is 5.99. The molecule has 112 valence electrons. The lowest BCUT2D eigenvalue weighted by atomic mass is 10.1. The van der Waals surface area contributed by atoms with E-state index in [2.05, 4.69) is 17.4 Å². The van der Waals surface area contributed by atoms with E-state index in [1.807, 2.05) is 42.5 Å². The molecule has 0 aliphatic rings. The molecule has 1 N–H and O–H groups in total. The summed E-state index contributed by atoms with van der Waals surface area (Å²) < 4.78 is 5.84. The monoisotopic (exact) mass is 323 g/mol. The van der Waals surface area contributed by atoms with Crippen molar-refractivity contribution >= 4 is 23.2 Å². The van der Waals surface area contributed by atoms with Crippen molar-refractivity contribution in [3.05, 3.63) is 60.2 Å². The molecule has 0 amide bonds. The van der Waals surface area contributed by atoms with Gasteiger partial charge in [-0.15, -0.1) is 23.2 Å². The summed E-state index contributed by atoms with van der Waals surface area (Å²) in [5.74, 6) is 2.82. The van der Waals surface area contributed by atoms with Crippen LogP contribution in [0.15, 0.2) is 54.6 Å². The van der Waals surface area contributed by atoms with Gasteiger partial charge >= 0.3 is 0 Å². The Hall–Kier alpha value is -1.22. The zero-order valence-electron chi connectivity index (χ0n) is 11.8. The molecule has 2 nitrogen and oxygen atoms in total. The zero-order chi connectivity index (χ0) is 14.9. The topological polar surface area (TPSA) is 21.3 Å². The number of halogens is 2. The standard InChI is InChI=1S/C17H19Cl2NO/c18-9-10-20-15(13-19)11-14-5-4-8-17(12-14)21-16-6-2-1-3-7-16/h1-8,12,15,20H,9-11,13H2. The molecule has 1 atom stereocenters. The van der Waals surface area contributed by atoms with Gasteiger partial charge in [0.2, 0.25) is 0 Å². The van der Waals surface area contributed by atoms with E-state index < -0.39 is 0 Å². The second-order valence-corrected chi connectivity index (χ2v) is 5.45. The highest BCUT2D eigenvalue weighted by Crippen LogP contribution is 2.22. The first kappa shape index (κ1) is 16.2. The molecule has 0 saturated heterocycles. The van der Waals surface area contributed by atoms with Gasteiger partial charge in [-0.05, 0) is 36.2 Å². The van der Waals surface area contributed by atoms with Crippen LogP contribution in [0.1, 0.15) is 5.56 Å². The molecule has 0 spiro atoms. The molecular formula is C17H19Cl2NO. The highest BCUT2D eigenvalue weighted by Gasteiger charge is 2.08. The van der Waals surface area contributed by atoms with Crippen molar-refractivity contribution < 1.29 is 4.74 Å². The fraction of sp³-hybridized carbons (Fsp3) is 0.294. The number of para-hydroxylation sites is 1. The molecule has 0 aliphatic carbocycles. The van der Waals surface area contributed by atoms with Crippen molar-refractivity contribution in [2.45, 2.75) is 12.5 Å². The van der Waals surface area contributed by atoms with E-state index in [0.29, 0.717) is 11.8 Å². The van der Waals surface area contributed by atoms with E-state index in [1.165, 1.54) is 5.56 Å². The number of ether oxygens (including phenoxy) is 1. The SMILES string of the molecule is ClCCNC(CCl)Cc1cccc(Oc2ccccc2)c1. The Morgan fingerprint density at radius 2 is 1.71 bits per heavy atom. The number of hydrogen-bond donors (Lipinski definition) is 1. The van der Waals surface area contributed by atoms with Crippen LogP contribution < -0.4 is 10.1 Å². The lowest BCUT2D eigenvalue weighted by Crippen LogP contribution is -2.34. The van der Waals surface area contributed by atoms with Crippen molar-refractivity contribution in [3.63, 3.8) is 0 Å². The van der Waals surface area contributed by atoms with Crippen molar-refractivity contribution in [1.29, 1.82) is 0 Å². The van der Waals surface area contributed by atoms with Crippen LogP contribution in [0, 0.1) is 0 Å². The van der Waals surface area contributed by atoms with Crippen molar-refractivity contribution in [1.82, 2.24) is 5.32 Å². The number of benzene rings is 2. The summed E-state index contributed by atoms with van der Waals surface area (Å²) in [7, 11) is 0. The Morgan fingerprint density at radius 3 is 2.43 bits per heavy atom. The molecule has 4 heteroatoms. The third kappa shape index (κ3) is 5.58. The summed E-state index contributed by atoms with van der Waals surface area (Å²) in [5, 5.41) is 3.33. The lowest BCUT2D eigenvalue weighted by Gasteiger charge is -2.16. The Morgan fingerprint density at radius 1 is 0.952 bits per heavy atom. The predicted octanol–water partition coefficient (Wildman–Crippen LogP) is 4.46. The second-order valence-electron chi connectivity index (χ2n) is 4.76. The van der Waals surface area contributed by atoms with Crippen LogP contribution >= 0.6 is 23.2 Å². The first-order valence-electron chi connectivity index (χ1n) is 6.99. The highest BCUT2D eigenvalue weighted by atomic mass is 35.5. The number of alkyl halides is 2. The van der Waals surface area contributed by atoms with E-state index in [9.17, 15) is 0 Å². The molecular weight excluding hydrogens is 305 g/mol.